The maximum absolute atomic E-state index is 12.9. The summed E-state index contributed by atoms with van der Waals surface area (Å²) < 4.78 is 1.43. The molecule has 3 rings (SSSR count). The van der Waals surface area contributed by atoms with Gasteiger partial charge < -0.3 is 10.0 Å². The van der Waals surface area contributed by atoms with Gasteiger partial charge in [0.25, 0.3) is 5.91 Å². The lowest BCUT2D eigenvalue weighted by atomic mass is 9.90. The molecule has 9 heteroatoms. The second kappa shape index (κ2) is 7.25. The number of carboxylic acid groups (broad SMARTS) is 1. The van der Waals surface area contributed by atoms with Crippen molar-refractivity contribution in [1.29, 1.82) is 0 Å². The van der Waals surface area contributed by atoms with Gasteiger partial charge >= 0.3 is 5.97 Å². The maximum atomic E-state index is 12.9. The molecular formula is C17H18Cl2N4O3. The van der Waals surface area contributed by atoms with Crippen molar-refractivity contribution in [3.63, 3.8) is 0 Å². The minimum absolute atomic E-state index is 0.00336. The third-order valence-electron chi connectivity index (χ3n) is 4.68. The minimum Gasteiger partial charge on any atom is -0.481 e. The van der Waals surface area contributed by atoms with E-state index in [2.05, 4.69) is 10.1 Å². The Bertz CT molecular complexity index is 847. The van der Waals surface area contributed by atoms with Gasteiger partial charge in [-0.05, 0) is 38.8 Å². The number of para-hydroxylation sites is 1. The predicted molar refractivity (Wildman–Crippen MR) is 97.0 cm³/mol. The molecule has 1 aromatic heterocycles. The molecule has 1 N–H and O–H groups in total. The zero-order valence-corrected chi connectivity index (χ0v) is 15.8. The number of nitrogens with zero attached hydrogens (tertiary/aromatic N) is 4. The molecule has 1 amide bonds. The summed E-state index contributed by atoms with van der Waals surface area (Å²) >= 11 is 12.4. The molecule has 1 aromatic carbocycles. The highest BCUT2D eigenvalue weighted by molar-refractivity contribution is 6.37. The van der Waals surface area contributed by atoms with Crippen LogP contribution in [0.15, 0.2) is 18.2 Å². The molecule has 2 atom stereocenters. The predicted octanol–water partition coefficient (Wildman–Crippen LogP) is 3.21. The van der Waals surface area contributed by atoms with E-state index in [1.54, 1.807) is 32.0 Å². The molecule has 0 unspecified atom stereocenters. The van der Waals surface area contributed by atoms with Gasteiger partial charge in [0.1, 0.15) is 11.5 Å². The van der Waals surface area contributed by atoms with Gasteiger partial charge in [0.2, 0.25) is 5.82 Å². The van der Waals surface area contributed by atoms with Crippen LogP contribution in [0, 0.1) is 12.8 Å². The van der Waals surface area contributed by atoms with E-state index in [0.29, 0.717) is 40.9 Å². The summed E-state index contributed by atoms with van der Waals surface area (Å²) in [4.78, 5) is 30.0. The number of carbonyl (C=O) groups excluding carboxylic acids is 1. The number of benzene rings is 1. The van der Waals surface area contributed by atoms with Crippen LogP contribution in [0.2, 0.25) is 10.0 Å². The number of piperidine rings is 1. The van der Waals surface area contributed by atoms with Crippen LogP contribution in [0.5, 0.6) is 0 Å². The SMILES string of the molecule is Cc1nc(C(=O)N2CCC[C@@H](C(=O)O)[C@H]2C)nn1-c1c(Cl)cccc1Cl. The van der Waals surface area contributed by atoms with E-state index in [1.807, 2.05) is 0 Å². The second-order valence-electron chi connectivity index (χ2n) is 6.29. The molecule has 0 spiro atoms. The number of amides is 1. The molecule has 2 heterocycles. The number of aryl methyl sites for hydroxylation is 1. The van der Waals surface area contributed by atoms with Gasteiger partial charge in [-0.1, -0.05) is 29.3 Å². The highest BCUT2D eigenvalue weighted by atomic mass is 35.5. The van der Waals surface area contributed by atoms with Gasteiger partial charge in [-0.15, -0.1) is 5.10 Å². The van der Waals surface area contributed by atoms with E-state index >= 15 is 0 Å². The third-order valence-corrected chi connectivity index (χ3v) is 5.29. The molecular weight excluding hydrogens is 379 g/mol. The Balaban J connectivity index is 1.94. The van der Waals surface area contributed by atoms with E-state index < -0.39 is 23.8 Å². The highest BCUT2D eigenvalue weighted by Gasteiger charge is 2.37. The van der Waals surface area contributed by atoms with Gasteiger partial charge in [0, 0.05) is 12.6 Å². The first-order valence-corrected chi connectivity index (χ1v) is 8.98. The molecule has 2 aromatic rings. The van der Waals surface area contributed by atoms with E-state index in [4.69, 9.17) is 23.2 Å². The van der Waals surface area contributed by atoms with Crippen LogP contribution in [0.25, 0.3) is 5.69 Å². The van der Waals surface area contributed by atoms with Crippen LogP contribution < -0.4 is 0 Å². The number of carbonyl (C=O) groups is 2. The number of halogens is 2. The number of aliphatic carboxylic acids is 1. The molecule has 0 bridgehead atoms. The average molecular weight is 397 g/mol. The number of rotatable bonds is 3. The summed E-state index contributed by atoms with van der Waals surface area (Å²) in [7, 11) is 0. The van der Waals surface area contributed by atoms with Crippen LogP contribution in [0.4, 0.5) is 0 Å². The average Bonchev–Trinajstić information content (AvgIpc) is 2.96. The van der Waals surface area contributed by atoms with Crippen LogP contribution in [0.3, 0.4) is 0 Å². The minimum atomic E-state index is -0.896. The normalized spacial score (nSPS) is 20.2. The maximum Gasteiger partial charge on any atom is 0.308 e. The smallest absolute Gasteiger partial charge is 0.308 e. The Kier molecular flexibility index (Phi) is 5.20. The Morgan fingerprint density at radius 3 is 2.54 bits per heavy atom. The third kappa shape index (κ3) is 3.29. The monoisotopic (exact) mass is 396 g/mol. The van der Waals surface area contributed by atoms with Crippen molar-refractivity contribution in [2.24, 2.45) is 5.92 Å². The van der Waals surface area contributed by atoms with Gasteiger partial charge in [0.15, 0.2) is 0 Å². The van der Waals surface area contributed by atoms with Crippen molar-refractivity contribution < 1.29 is 14.7 Å². The Labute approximate surface area is 160 Å². The van der Waals surface area contributed by atoms with Crippen molar-refractivity contribution in [2.45, 2.75) is 32.7 Å². The molecule has 0 radical (unpaired) electrons. The van der Waals surface area contributed by atoms with Gasteiger partial charge in [-0.2, -0.15) is 0 Å². The lowest BCUT2D eigenvalue weighted by Gasteiger charge is -2.36. The van der Waals surface area contributed by atoms with Crippen LogP contribution >= 0.6 is 23.2 Å². The topological polar surface area (TPSA) is 88.3 Å². The largest absolute Gasteiger partial charge is 0.481 e. The molecule has 1 aliphatic rings. The standard InChI is InChI=1S/C17H18Cl2N4O3/c1-9-11(17(25)26)5-4-8-22(9)16(24)15-20-10(2)23(21-15)14-12(18)6-3-7-13(14)19/h3,6-7,9,11H,4-5,8H2,1-2H3,(H,25,26)/t9-,11-/m1/s1. The number of likely N-dealkylation sites (tertiary alicyclic amines) is 1. The number of aromatic nitrogens is 3. The van der Waals surface area contributed by atoms with Gasteiger partial charge in [-0.25, -0.2) is 9.67 Å². The van der Waals surface area contributed by atoms with Crippen LogP contribution in [-0.4, -0.2) is 49.2 Å². The summed E-state index contributed by atoms with van der Waals surface area (Å²) in [6.07, 6.45) is 1.18. The van der Waals surface area contributed by atoms with Crippen LogP contribution in [0.1, 0.15) is 36.2 Å². The second-order valence-corrected chi connectivity index (χ2v) is 7.11. The first-order valence-electron chi connectivity index (χ1n) is 8.23. The molecule has 26 heavy (non-hydrogen) atoms. The zero-order chi connectivity index (χ0) is 19.0. The number of carboxylic acids is 1. The number of hydrogen-bond donors (Lipinski definition) is 1. The molecule has 0 saturated carbocycles. The highest BCUT2D eigenvalue weighted by Crippen LogP contribution is 2.29. The summed E-state index contributed by atoms with van der Waals surface area (Å²) in [6.45, 7) is 3.91. The van der Waals surface area contributed by atoms with Crippen molar-refractivity contribution in [1.82, 2.24) is 19.7 Å². The van der Waals surface area contributed by atoms with Crippen molar-refractivity contribution >= 4 is 35.1 Å². The van der Waals surface area contributed by atoms with Gasteiger partial charge in [0.05, 0.1) is 16.0 Å². The lowest BCUT2D eigenvalue weighted by Crippen LogP contribution is -2.49. The van der Waals surface area contributed by atoms with E-state index in [0.717, 1.165) is 0 Å². The summed E-state index contributed by atoms with van der Waals surface area (Å²) in [5.74, 6) is -1.42. The van der Waals surface area contributed by atoms with Gasteiger partial charge in [-0.3, -0.25) is 9.59 Å². The molecule has 138 valence electrons. The quantitative estimate of drug-likeness (QED) is 0.859. The van der Waals surface area contributed by atoms with Crippen molar-refractivity contribution in [2.75, 3.05) is 6.54 Å². The molecule has 1 aliphatic heterocycles. The molecule has 1 fully saturated rings. The molecule has 7 nitrogen and oxygen atoms in total. The fourth-order valence-electron chi connectivity index (χ4n) is 3.27. The lowest BCUT2D eigenvalue weighted by molar-refractivity contribution is -0.145. The fraction of sp³-hybridized carbons (Fsp3) is 0.412. The van der Waals surface area contributed by atoms with Crippen molar-refractivity contribution in [3.8, 4) is 5.69 Å². The summed E-state index contributed by atoms with van der Waals surface area (Å²) in [5.41, 5.74) is 0.454. The van der Waals surface area contributed by atoms with E-state index in [1.165, 1.54) is 9.58 Å². The summed E-state index contributed by atoms with van der Waals surface area (Å²) in [6, 6.07) is 4.64. The first kappa shape index (κ1) is 18.7. The molecule has 0 aliphatic carbocycles. The zero-order valence-electron chi connectivity index (χ0n) is 14.3. The first-order chi connectivity index (χ1) is 12.3. The van der Waals surface area contributed by atoms with E-state index in [9.17, 15) is 14.7 Å². The fourth-order valence-corrected chi connectivity index (χ4v) is 3.83. The Morgan fingerprint density at radius 1 is 1.27 bits per heavy atom. The molecule has 1 saturated heterocycles. The van der Waals surface area contributed by atoms with Crippen molar-refractivity contribution in [3.05, 3.63) is 39.9 Å². The van der Waals surface area contributed by atoms with E-state index in [-0.39, 0.29) is 5.82 Å². The number of hydrogen-bond acceptors (Lipinski definition) is 4. The summed E-state index contributed by atoms with van der Waals surface area (Å²) in [5, 5.41) is 14.4. The van der Waals surface area contributed by atoms with Crippen LogP contribution in [-0.2, 0) is 4.79 Å². The Morgan fingerprint density at radius 2 is 1.92 bits per heavy atom. The Hall–Kier alpha value is -2.12.